The first kappa shape index (κ1) is 33.4. The third-order valence-electron chi connectivity index (χ3n) is 13.6. The highest BCUT2D eigenvalue weighted by molar-refractivity contribution is 6.46. The number of hydrogen-bond donors (Lipinski definition) is 0. The molecule has 0 radical (unpaired) electrons. The molecule has 13 aromatic rings. The zero-order valence-corrected chi connectivity index (χ0v) is 33.5. The zero-order valence-electron chi connectivity index (χ0n) is 33.5. The first-order valence-electron chi connectivity index (χ1n) is 21.1. The molecule has 0 nitrogen and oxygen atoms in total. The minimum absolute atomic E-state index is 1.22. The molecule has 13 aromatic carbocycles. The molecule has 0 aromatic heterocycles. The summed E-state index contributed by atoms with van der Waals surface area (Å²) < 4.78 is 0. The van der Waals surface area contributed by atoms with E-state index in [0.717, 1.165) is 0 Å². The van der Waals surface area contributed by atoms with Gasteiger partial charge in [-0.1, -0.05) is 176 Å². The van der Waals surface area contributed by atoms with Crippen LogP contribution in [0.2, 0.25) is 0 Å². The molecule has 0 saturated heterocycles. The molecule has 0 amide bonds. The lowest BCUT2D eigenvalue weighted by Gasteiger charge is -2.20. The fraction of sp³-hybridized carbons (Fsp3) is 0.0333. The van der Waals surface area contributed by atoms with Crippen molar-refractivity contribution in [1.82, 2.24) is 0 Å². The lowest BCUT2D eigenvalue weighted by Crippen LogP contribution is -1.93. The van der Waals surface area contributed by atoms with E-state index in [0.29, 0.717) is 0 Å². The van der Waals surface area contributed by atoms with Crippen LogP contribution in [-0.2, 0) is 0 Å². The summed E-state index contributed by atoms with van der Waals surface area (Å²) in [6, 6.07) is 73.1. The second kappa shape index (κ2) is 12.5. The van der Waals surface area contributed by atoms with Crippen molar-refractivity contribution in [3.8, 4) is 44.5 Å². The molecule has 278 valence electrons. The molecular formula is C60H38. The van der Waals surface area contributed by atoms with Crippen LogP contribution in [0.4, 0.5) is 0 Å². The van der Waals surface area contributed by atoms with Crippen LogP contribution in [0.15, 0.2) is 194 Å². The molecule has 0 atom stereocenters. The topological polar surface area (TPSA) is 0 Å². The molecule has 60 heavy (non-hydrogen) atoms. The Morgan fingerprint density at radius 3 is 1.50 bits per heavy atom. The van der Waals surface area contributed by atoms with E-state index in [9.17, 15) is 0 Å². The van der Waals surface area contributed by atoms with Crippen LogP contribution in [0.3, 0.4) is 0 Å². The largest absolute Gasteiger partial charge is 0.0622 e. The molecule has 0 N–H and O–H groups in total. The molecule has 0 heteroatoms. The SMILES string of the molecule is Cc1cccc(C)c1-c1ccc2cc3c4c(-c5ccccc5)c5c(cc6c7ccccc7c7cccc5c76)c(-c5ccccc5-c5ccccc5)c4c4cccc(c2c1)c43. The van der Waals surface area contributed by atoms with Gasteiger partial charge in [-0.25, -0.2) is 0 Å². The molecule has 0 aliphatic heterocycles. The van der Waals surface area contributed by atoms with Crippen LogP contribution < -0.4 is 0 Å². The molecule has 0 saturated carbocycles. The summed E-state index contributed by atoms with van der Waals surface area (Å²) in [6.45, 7) is 4.47. The smallest absolute Gasteiger partial charge is 0.000697 e. The van der Waals surface area contributed by atoms with Crippen molar-refractivity contribution in [2.75, 3.05) is 0 Å². The normalized spacial score (nSPS) is 12.2. The molecular weight excluding hydrogens is 721 g/mol. The predicted molar refractivity (Wildman–Crippen MR) is 260 cm³/mol. The van der Waals surface area contributed by atoms with Gasteiger partial charge in [0.25, 0.3) is 0 Å². The minimum atomic E-state index is 1.22. The van der Waals surface area contributed by atoms with Crippen molar-refractivity contribution >= 4 is 86.2 Å². The van der Waals surface area contributed by atoms with Gasteiger partial charge in [-0.15, -0.1) is 0 Å². The Kier molecular flexibility index (Phi) is 6.95. The van der Waals surface area contributed by atoms with Crippen molar-refractivity contribution in [1.29, 1.82) is 0 Å². The van der Waals surface area contributed by atoms with Crippen molar-refractivity contribution in [2.24, 2.45) is 0 Å². The second-order valence-electron chi connectivity index (χ2n) is 16.8. The van der Waals surface area contributed by atoms with Gasteiger partial charge in [0.2, 0.25) is 0 Å². The van der Waals surface area contributed by atoms with E-state index in [2.05, 4.69) is 208 Å². The molecule has 0 aliphatic rings. The molecule has 0 heterocycles. The van der Waals surface area contributed by atoms with E-state index in [-0.39, 0.29) is 0 Å². The van der Waals surface area contributed by atoms with Gasteiger partial charge in [-0.05, 0) is 174 Å². The molecule has 0 aliphatic carbocycles. The van der Waals surface area contributed by atoms with Crippen LogP contribution in [0.1, 0.15) is 11.1 Å². The summed E-state index contributed by atoms with van der Waals surface area (Å²) in [7, 11) is 0. The summed E-state index contributed by atoms with van der Waals surface area (Å²) in [5.41, 5.74) is 12.8. The monoisotopic (exact) mass is 758 g/mol. The Balaban J connectivity index is 1.31. The maximum atomic E-state index is 2.55. The minimum Gasteiger partial charge on any atom is -0.0622 e. The first-order chi connectivity index (χ1) is 29.6. The van der Waals surface area contributed by atoms with Gasteiger partial charge in [0, 0.05) is 0 Å². The maximum absolute atomic E-state index is 2.55. The number of hydrogen-bond acceptors (Lipinski definition) is 0. The van der Waals surface area contributed by atoms with E-state index in [1.165, 1.54) is 142 Å². The average Bonchev–Trinajstić information content (AvgIpc) is 3.80. The van der Waals surface area contributed by atoms with E-state index in [1.54, 1.807) is 0 Å². The number of benzene rings is 11. The third kappa shape index (κ3) is 4.51. The summed E-state index contributed by atoms with van der Waals surface area (Å²) in [5, 5.41) is 21.0. The second-order valence-corrected chi connectivity index (χ2v) is 16.8. The summed E-state index contributed by atoms with van der Waals surface area (Å²) in [4.78, 5) is 0. The van der Waals surface area contributed by atoms with Crippen LogP contribution in [0, 0.1) is 13.8 Å². The summed E-state index contributed by atoms with van der Waals surface area (Å²) in [5.74, 6) is 0. The Hall–Kier alpha value is -7.54. The Labute approximate surface area is 348 Å². The Morgan fingerprint density at radius 2 is 0.767 bits per heavy atom. The zero-order chi connectivity index (χ0) is 39.6. The van der Waals surface area contributed by atoms with Crippen LogP contribution in [0.5, 0.6) is 0 Å². The molecule has 0 unspecified atom stereocenters. The maximum Gasteiger partial charge on any atom is -0.000697 e. The highest BCUT2D eigenvalue weighted by Gasteiger charge is 2.28. The standard InChI is InChI=1S/C60H38/c1-35-16-13-17-36(2)53(35)40-31-30-39-32-51-56-46(49(39)33-40)27-15-29-48(56)59-57(44-25-12-9-22-41(44)37-18-5-3-6-19-37)52-34-50-43-24-11-10-23-42(43)45-26-14-28-47(55(45)50)58(52)54(60(51)59)38-20-7-4-8-21-38/h3-34H,1-2H3. The van der Waals surface area contributed by atoms with Crippen molar-refractivity contribution in [2.45, 2.75) is 13.8 Å². The van der Waals surface area contributed by atoms with Crippen molar-refractivity contribution in [3.63, 3.8) is 0 Å². The van der Waals surface area contributed by atoms with Gasteiger partial charge in [0.05, 0.1) is 0 Å². The molecule has 0 bridgehead atoms. The fourth-order valence-electron chi connectivity index (χ4n) is 11.2. The van der Waals surface area contributed by atoms with Crippen LogP contribution in [0.25, 0.3) is 131 Å². The first-order valence-corrected chi connectivity index (χ1v) is 21.1. The van der Waals surface area contributed by atoms with Gasteiger partial charge >= 0.3 is 0 Å². The van der Waals surface area contributed by atoms with E-state index in [1.807, 2.05) is 0 Å². The van der Waals surface area contributed by atoms with Crippen molar-refractivity contribution < 1.29 is 0 Å². The molecule has 0 fully saturated rings. The third-order valence-corrected chi connectivity index (χ3v) is 13.6. The van der Waals surface area contributed by atoms with E-state index < -0.39 is 0 Å². The number of fused-ring (bicyclic) bond motifs is 10. The van der Waals surface area contributed by atoms with Gasteiger partial charge in [-0.2, -0.15) is 0 Å². The van der Waals surface area contributed by atoms with Gasteiger partial charge in [-0.3, -0.25) is 0 Å². The van der Waals surface area contributed by atoms with E-state index >= 15 is 0 Å². The molecule has 0 spiro atoms. The van der Waals surface area contributed by atoms with Crippen molar-refractivity contribution in [3.05, 3.63) is 205 Å². The lowest BCUT2D eigenvalue weighted by molar-refractivity contribution is 1.38. The highest BCUT2D eigenvalue weighted by atomic mass is 14.3. The highest BCUT2D eigenvalue weighted by Crippen LogP contribution is 2.56. The Bertz CT molecular complexity index is 3850. The average molecular weight is 759 g/mol. The lowest BCUT2D eigenvalue weighted by atomic mass is 9.82. The fourth-order valence-corrected chi connectivity index (χ4v) is 11.2. The van der Waals surface area contributed by atoms with E-state index in [4.69, 9.17) is 0 Å². The quantitative estimate of drug-likeness (QED) is 0.157. The van der Waals surface area contributed by atoms with Gasteiger partial charge in [0.1, 0.15) is 0 Å². The number of aryl methyl sites for hydroxylation is 2. The predicted octanol–water partition coefficient (Wildman–Crippen LogP) is 17.1. The Morgan fingerprint density at radius 1 is 0.233 bits per heavy atom. The summed E-state index contributed by atoms with van der Waals surface area (Å²) in [6.07, 6.45) is 0. The van der Waals surface area contributed by atoms with Crippen LogP contribution >= 0.6 is 0 Å². The van der Waals surface area contributed by atoms with Gasteiger partial charge < -0.3 is 0 Å². The summed E-state index contributed by atoms with van der Waals surface area (Å²) >= 11 is 0. The number of rotatable bonds is 4. The van der Waals surface area contributed by atoms with Crippen LogP contribution in [-0.4, -0.2) is 0 Å². The molecule has 13 rings (SSSR count). The van der Waals surface area contributed by atoms with Gasteiger partial charge in [0.15, 0.2) is 0 Å².